The van der Waals surface area contributed by atoms with Crippen LogP contribution < -0.4 is 5.32 Å². The van der Waals surface area contributed by atoms with Gasteiger partial charge in [-0.25, -0.2) is 4.39 Å². The quantitative estimate of drug-likeness (QED) is 0.855. The number of nitrogens with one attached hydrogen (secondary N) is 1. The Kier molecular flexibility index (Phi) is 2.84. The summed E-state index contributed by atoms with van der Waals surface area (Å²) in [6, 6.07) is 5.03. The fourth-order valence-corrected chi connectivity index (χ4v) is 3.47. The van der Waals surface area contributed by atoms with Crippen molar-refractivity contribution in [1.82, 2.24) is 5.32 Å². The molecule has 0 aromatic heterocycles. The van der Waals surface area contributed by atoms with E-state index in [0.717, 1.165) is 17.9 Å². The maximum Gasteiger partial charge on any atom is 0.254 e. The van der Waals surface area contributed by atoms with Gasteiger partial charge in [0.1, 0.15) is 5.82 Å². The number of rotatable bonds is 2. The van der Waals surface area contributed by atoms with E-state index < -0.39 is 5.82 Å². The lowest BCUT2D eigenvalue weighted by Crippen LogP contribution is -2.38. The van der Waals surface area contributed by atoms with Crippen molar-refractivity contribution in [3.63, 3.8) is 0 Å². The van der Waals surface area contributed by atoms with Crippen molar-refractivity contribution in [2.75, 3.05) is 0 Å². The Morgan fingerprint density at radius 1 is 1.33 bits per heavy atom. The molecule has 1 N–H and O–H groups in total. The van der Waals surface area contributed by atoms with Gasteiger partial charge in [-0.1, -0.05) is 12.5 Å². The van der Waals surface area contributed by atoms with Crippen molar-refractivity contribution in [2.45, 2.75) is 38.6 Å². The van der Waals surface area contributed by atoms with E-state index in [2.05, 4.69) is 5.32 Å². The second-order valence-corrected chi connectivity index (χ2v) is 5.74. The number of hydrogen-bond acceptors (Lipinski definition) is 1. The summed E-state index contributed by atoms with van der Waals surface area (Å²) in [6.45, 7) is 1.82. The normalized spacial score (nSPS) is 29.6. The molecule has 0 heterocycles. The van der Waals surface area contributed by atoms with Crippen LogP contribution in [0.15, 0.2) is 18.2 Å². The fraction of sp³-hybridized carbons (Fsp3) is 0.533. The first kappa shape index (κ1) is 11.7. The molecule has 3 atom stereocenters. The summed E-state index contributed by atoms with van der Waals surface area (Å²) in [5, 5.41) is 3.01. The van der Waals surface area contributed by atoms with Crippen LogP contribution in [0.3, 0.4) is 0 Å². The van der Waals surface area contributed by atoms with Gasteiger partial charge in [0.25, 0.3) is 5.91 Å². The van der Waals surface area contributed by atoms with Gasteiger partial charge in [-0.2, -0.15) is 0 Å². The van der Waals surface area contributed by atoms with E-state index in [9.17, 15) is 9.18 Å². The molecule has 18 heavy (non-hydrogen) atoms. The number of carbonyl (C=O) groups is 1. The van der Waals surface area contributed by atoms with Crippen LogP contribution in [0.5, 0.6) is 0 Å². The molecule has 3 unspecified atom stereocenters. The van der Waals surface area contributed by atoms with Crippen LogP contribution in [0.1, 0.15) is 41.6 Å². The summed E-state index contributed by atoms with van der Waals surface area (Å²) in [7, 11) is 0. The summed E-state index contributed by atoms with van der Waals surface area (Å²) < 4.78 is 13.7. The SMILES string of the molecule is Cc1ccc(C(=O)NC2CC3CCC2C3)c(F)c1. The van der Waals surface area contributed by atoms with E-state index >= 15 is 0 Å². The molecule has 0 saturated heterocycles. The summed E-state index contributed by atoms with van der Waals surface area (Å²) >= 11 is 0. The third kappa shape index (κ3) is 2.02. The average molecular weight is 247 g/mol. The van der Waals surface area contributed by atoms with Gasteiger partial charge in [0.2, 0.25) is 0 Å². The highest BCUT2D eigenvalue weighted by molar-refractivity contribution is 5.94. The standard InChI is InChI=1S/C15H18FNO/c1-9-2-5-12(13(16)6-9)15(18)17-14-8-10-3-4-11(14)7-10/h2,5-6,10-11,14H,3-4,7-8H2,1H3,(H,17,18). The number of hydrogen-bond donors (Lipinski definition) is 1. The zero-order chi connectivity index (χ0) is 12.7. The number of carbonyl (C=O) groups excluding carboxylic acids is 1. The van der Waals surface area contributed by atoms with Crippen molar-refractivity contribution in [2.24, 2.45) is 11.8 Å². The topological polar surface area (TPSA) is 29.1 Å². The average Bonchev–Trinajstić information content (AvgIpc) is 2.90. The molecular formula is C15H18FNO. The minimum Gasteiger partial charge on any atom is -0.349 e. The van der Waals surface area contributed by atoms with E-state index in [1.165, 1.54) is 25.3 Å². The van der Waals surface area contributed by atoms with Gasteiger partial charge >= 0.3 is 0 Å². The van der Waals surface area contributed by atoms with E-state index in [-0.39, 0.29) is 17.5 Å². The highest BCUT2D eigenvalue weighted by Crippen LogP contribution is 2.44. The first-order valence-electron chi connectivity index (χ1n) is 6.70. The number of amides is 1. The lowest BCUT2D eigenvalue weighted by atomic mass is 9.95. The molecule has 2 saturated carbocycles. The minimum atomic E-state index is -0.421. The van der Waals surface area contributed by atoms with Crippen molar-refractivity contribution in [3.8, 4) is 0 Å². The third-order valence-corrected chi connectivity index (χ3v) is 4.42. The lowest BCUT2D eigenvalue weighted by molar-refractivity contribution is 0.0919. The highest BCUT2D eigenvalue weighted by atomic mass is 19.1. The van der Waals surface area contributed by atoms with Gasteiger partial charge in [0.15, 0.2) is 0 Å². The van der Waals surface area contributed by atoms with Gasteiger partial charge in [0, 0.05) is 6.04 Å². The van der Waals surface area contributed by atoms with E-state index in [0.29, 0.717) is 5.92 Å². The Balaban J connectivity index is 1.71. The molecular weight excluding hydrogens is 229 g/mol. The zero-order valence-electron chi connectivity index (χ0n) is 10.6. The van der Waals surface area contributed by atoms with E-state index in [1.54, 1.807) is 12.1 Å². The lowest BCUT2D eigenvalue weighted by Gasteiger charge is -2.23. The summed E-state index contributed by atoms with van der Waals surface area (Å²) in [5.74, 6) is 0.719. The smallest absolute Gasteiger partial charge is 0.254 e. The molecule has 1 aromatic rings. The monoisotopic (exact) mass is 247 g/mol. The van der Waals surface area contributed by atoms with Gasteiger partial charge in [-0.05, 0) is 55.7 Å². The maximum absolute atomic E-state index is 13.7. The van der Waals surface area contributed by atoms with Crippen LogP contribution in [0.4, 0.5) is 4.39 Å². The number of fused-ring (bicyclic) bond motifs is 2. The molecule has 2 nitrogen and oxygen atoms in total. The maximum atomic E-state index is 13.7. The van der Waals surface area contributed by atoms with Crippen LogP contribution in [0, 0.1) is 24.6 Å². The second kappa shape index (κ2) is 4.38. The fourth-order valence-electron chi connectivity index (χ4n) is 3.47. The summed E-state index contributed by atoms with van der Waals surface area (Å²) in [5.41, 5.74) is 1.01. The van der Waals surface area contributed by atoms with Crippen molar-refractivity contribution >= 4 is 5.91 Å². The molecule has 1 aromatic carbocycles. The molecule has 0 spiro atoms. The van der Waals surface area contributed by atoms with Crippen LogP contribution in [-0.2, 0) is 0 Å². The first-order chi connectivity index (χ1) is 8.63. The second-order valence-electron chi connectivity index (χ2n) is 5.74. The molecule has 2 fully saturated rings. The molecule has 0 radical (unpaired) electrons. The largest absolute Gasteiger partial charge is 0.349 e. The van der Waals surface area contributed by atoms with Gasteiger partial charge in [-0.15, -0.1) is 0 Å². The van der Waals surface area contributed by atoms with Gasteiger partial charge < -0.3 is 5.32 Å². The van der Waals surface area contributed by atoms with E-state index in [4.69, 9.17) is 0 Å². The van der Waals surface area contributed by atoms with Crippen molar-refractivity contribution < 1.29 is 9.18 Å². The number of aryl methyl sites for hydroxylation is 1. The molecule has 1 amide bonds. The van der Waals surface area contributed by atoms with Crippen LogP contribution >= 0.6 is 0 Å². The molecule has 3 heteroatoms. The van der Waals surface area contributed by atoms with Crippen LogP contribution in [0.25, 0.3) is 0 Å². The first-order valence-corrected chi connectivity index (χ1v) is 6.70. The Morgan fingerprint density at radius 2 is 2.17 bits per heavy atom. The van der Waals surface area contributed by atoms with Crippen molar-refractivity contribution in [3.05, 3.63) is 35.1 Å². The summed E-state index contributed by atoms with van der Waals surface area (Å²) in [6.07, 6.45) is 4.83. The Hall–Kier alpha value is -1.38. The van der Waals surface area contributed by atoms with Gasteiger partial charge in [-0.3, -0.25) is 4.79 Å². The third-order valence-electron chi connectivity index (χ3n) is 4.42. The van der Waals surface area contributed by atoms with Gasteiger partial charge in [0.05, 0.1) is 5.56 Å². The molecule has 3 rings (SSSR count). The van der Waals surface area contributed by atoms with Crippen LogP contribution in [0.2, 0.25) is 0 Å². The molecule has 2 aliphatic carbocycles. The van der Waals surface area contributed by atoms with E-state index in [1.807, 2.05) is 6.92 Å². The molecule has 2 aliphatic rings. The van der Waals surface area contributed by atoms with Crippen molar-refractivity contribution in [1.29, 1.82) is 0 Å². The highest BCUT2D eigenvalue weighted by Gasteiger charge is 2.40. The Bertz CT molecular complexity index is 485. The number of benzene rings is 1. The minimum absolute atomic E-state index is 0.170. The number of halogens is 1. The molecule has 0 aliphatic heterocycles. The predicted octanol–water partition coefficient (Wildman–Crippen LogP) is 3.05. The predicted molar refractivity (Wildman–Crippen MR) is 67.8 cm³/mol. The Labute approximate surface area is 107 Å². The summed E-state index contributed by atoms with van der Waals surface area (Å²) in [4.78, 5) is 12.1. The molecule has 2 bridgehead atoms. The van der Waals surface area contributed by atoms with Crippen LogP contribution in [-0.4, -0.2) is 11.9 Å². The zero-order valence-corrected chi connectivity index (χ0v) is 10.6. The molecule has 96 valence electrons. The Morgan fingerprint density at radius 3 is 2.78 bits per heavy atom.